The Kier molecular flexibility index (Phi) is 3.96. The van der Waals surface area contributed by atoms with E-state index in [1.165, 1.54) is 4.68 Å². The van der Waals surface area contributed by atoms with Crippen LogP contribution in [0.1, 0.15) is 5.56 Å². The number of carbonyl (C=O) groups is 1. The Morgan fingerprint density at radius 1 is 1.53 bits per heavy atom. The molecule has 0 bridgehead atoms. The van der Waals surface area contributed by atoms with Crippen LogP contribution in [0.5, 0.6) is 0 Å². The van der Waals surface area contributed by atoms with E-state index in [2.05, 4.69) is 10.2 Å². The Morgan fingerprint density at radius 3 is 2.89 bits per heavy atom. The topological polar surface area (TPSA) is 94.0 Å². The van der Waals surface area contributed by atoms with Crippen molar-refractivity contribution in [1.82, 2.24) is 14.9 Å². The minimum Gasteiger partial charge on any atom is -0.481 e. The molecule has 0 fully saturated rings. The molecule has 3 N–H and O–H groups in total. The van der Waals surface area contributed by atoms with E-state index in [0.29, 0.717) is 21.6 Å². The highest BCUT2D eigenvalue weighted by Crippen LogP contribution is 2.28. The summed E-state index contributed by atoms with van der Waals surface area (Å²) in [4.78, 5) is 10.5. The lowest BCUT2D eigenvalue weighted by Gasteiger charge is -2.05. The zero-order valence-electron chi connectivity index (χ0n) is 10.00. The molecule has 0 saturated carbocycles. The second-order valence-electron chi connectivity index (χ2n) is 3.84. The molecule has 0 saturated heterocycles. The molecule has 100 valence electrons. The van der Waals surface area contributed by atoms with Crippen LogP contribution < -0.4 is 5.84 Å². The van der Waals surface area contributed by atoms with Gasteiger partial charge in [-0.05, 0) is 24.6 Å². The Bertz CT molecular complexity index is 629. The fraction of sp³-hybridized carbons (Fsp3) is 0.182. The molecule has 0 aliphatic heterocycles. The molecule has 8 heteroatoms. The van der Waals surface area contributed by atoms with Gasteiger partial charge in [0.25, 0.3) is 0 Å². The third-order valence-corrected chi connectivity index (χ3v) is 3.60. The average Bonchev–Trinajstić information content (AvgIpc) is 2.68. The number of thioether (sulfide) groups is 1. The van der Waals surface area contributed by atoms with E-state index in [4.69, 9.17) is 22.6 Å². The van der Waals surface area contributed by atoms with Gasteiger partial charge in [-0.3, -0.25) is 4.79 Å². The zero-order chi connectivity index (χ0) is 14.0. The van der Waals surface area contributed by atoms with Crippen LogP contribution in [-0.2, 0) is 4.79 Å². The average molecular weight is 299 g/mol. The van der Waals surface area contributed by atoms with Crippen LogP contribution in [0.4, 0.5) is 0 Å². The Labute approximate surface area is 118 Å². The molecule has 0 aliphatic rings. The highest BCUT2D eigenvalue weighted by molar-refractivity contribution is 7.99. The van der Waals surface area contributed by atoms with Crippen LogP contribution >= 0.6 is 23.4 Å². The molecule has 1 aromatic carbocycles. The lowest BCUT2D eigenvalue weighted by molar-refractivity contribution is -0.133. The summed E-state index contributed by atoms with van der Waals surface area (Å²) >= 11 is 7.14. The number of aromatic nitrogens is 3. The number of aliphatic carboxylic acids is 1. The molecule has 2 aromatic rings. The first kappa shape index (κ1) is 13.7. The zero-order valence-corrected chi connectivity index (χ0v) is 11.6. The largest absolute Gasteiger partial charge is 0.481 e. The molecule has 0 aliphatic carbocycles. The monoisotopic (exact) mass is 298 g/mol. The SMILES string of the molecule is Cc1ccc(-c2nnc(SCC(=O)O)n2N)c(Cl)c1. The maximum atomic E-state index is 10.5. The van der Waals surface area contributed by atoms with E-state index in [0.717, 1.165) is 17.3 Å². The summed E-state index contributed by atoms with van der Waals surface area (Å²) in [5.41, 5.74) is 1.68. The van der Waals surface area contributed by atoms with Crippen molar-refractivity contribution in [2.45, 2.75) is 12.1 Å². The van der Waals surface area contributed by atoms with E-state index in [1.807, 2.05) is 13.0 Å². The van der Waals surface area contributed by atoms with Gasteiger partial charge in [0.2, 0.25) is 5.16 Å². The number of nitrogens with two attached hydrogens (primary N) is 1. The standard InChI is InChI=1S/C11H11ClN4O2S/c1-6-2-3-7(8(12)4-6)10-14-15-11(16(10)13)19-5-9(17)18/h2-4H,5,13H2,1H3,(H,17,18). The quantitative estimate of drug-likeness (QED) is 0.660. The Hall–Kier alpha value is -1.73. The number of hydrogen-bond donors (Lipinski definition) is 2. The normalized spacial score (nSPS) is 10.6. The molecule has 6 nitrogen and oxygen atoms in total. The number of nitrogen functional groups attached to an aromatic ring is 1. The fourth-order valence-corrected chi connectivity index (χ4v) is 2.38. The van der Waals surface area contributed by atoms with E-state index in [-0.39, 0.29) is 5.75 Å². The molecule has 19 heavy (non-hydrogen) atoms. The van der Waals surface area contributed by atoms with Crippen LogP contribution in [0.15, 0.2) is 23.4 Å². The number of halogens is 1. The molecular formula is C11H11ClN4O2S. The Morgan fingerprint density at radius 2 is 2.26 bits per heavy atom. The molecule has 0 unspecified atom stereocenters. The molecule has 0 atom stereocenters. The van der Waals surface area contributed by atoms with Gasteiger partial charge in [-0.2, -0.15) is 0 Å². The van der Waals surface area contributed by atoms with Crippen LogP contribution in [0.25, 0.3) is 11.4 Å². The smallest absolute Gasteiger partial charge is 0.313 e. The number of aryl methyl sites for hydroxylation is 1. The van der Waals surface area contributed by atoms with Gasteiger partial charge in [-0.15, -0.1) is 10.2 Å². The molecule has 1 heterocycles. The number of nitrogens with zero attached hydrogens (tertiary/aromatic N) is 3. The van der Waals surface area contributed by atoms with Crippen molar-refractivity contribution in [3.63, 3.8) is 0 Å². The maximum absolute atomic E-state index is 10.5. The van der Waals surface area contributed by atoms with E-state index < -0.39 is 5.97 Å². The van der Waals surface area contributed by atoms with E-state index in [9.17, 15) is 4.79 Å². The van der Waals surface area contributed by atoms with E-state index in [1.54, 1.807) is 12.1 Å². The number of rotatable bonds is 4. The van der Waals surface area contributed by atoms with Crippen LogP contribution in [0, 0.1) is 6.92 Å². The van der Waals surface area contributed by atoms with Crippen molar-refractivity contribution in [2.24, 2.45) is 0 Å². The highest BCUT2D eigenvalue weighted by Gasteiger charge is 2.15. The van der Waals surface area contributed by atoms with Crippen LogP contribution in [-0.4, -0.2) is 31.7 Å². The molecule has 1 aromatic heterocycles. The second-order valence-corrected chi connectivity index (χ2v) is 5.19. The first-order chi connectivity index (χ1) is 8.99. The van der Waals surface area contributed by atoms with Gasteiger partial charge in [0.15, 0.2) is 5.82 Å². The molecule has 0 radical (unpaired) electrons. The van der Waals surface area contributed by atoms with Gasteiger partial charge < -0.3 is 10.9 Å². The molecular weight excluding hydrogens is 288 g/mol. The predicted octanol–water partition coefficient (Wildman–Crippen LogP) is 1.80. The number of hydrogen-bond acceptors (Lipinski definition) is 5. The maximum Gasteiger partial charge on any atom is 0.313 e. The third kappa shape index (κ3) is 2.99. The van der Waals surface area contributed by atoms with E-state index >= 15 is 0 Å². The van der Waals surface area contributed by atoms with Crippen LogP contribution in [0.2, 0.25) is 5.02 Å². The van der Waals surface area contributed by atoms with Crippen LogP contribution in [0.3, 0.4) is 0 Å². The first-order valence-corrected chi connectivity index (χ1v) is 6.67. The van der Waals surface area contributed by atoms with Crippen molar-refractivity contribution in [1.29, 1.82) is 0 Å². The van der Waals surface area contributed by atoms with Crippen molar-refractivity contribution in [2.75, 3.05) is 11.6 Å². The van der Waals surface area contributed by atoms with Crippen molar-refractivity contribution in [3.8, 4) is 11.4 Å². The van der Waals surface area contributed by atoms with Gasteiger partial charge in [0.1, 0.15) is 0 Å². The summed E-state index contributed by atoms with van der Waals surface area (Å²) in [5, 5.41) is 17.3. The lowest BCUT2D eigenvalue weighted by atomic mass is 10.1. The molecule has 2 rings (SSSR count). The van der Waals surface area contributed by atoms with Gasteiger partial charge in [0, 0.05) is 5.56 Å². The molecule has 0 spiro atoms. The molecule has 0 amide bonds. The summed E-state index contributed by atoms with van der Waals surface area (Å²) in [6.45, 7) is 1.93. The summed E-state index contributed by atoms with van der Waals surface area (Å²) in [6, 6.07) is 5.49. The van der Waals surface area contributed by atoms with Crippen molar-refractivity contribution in [3.05, 3.63) is 28.8 Å². The van der Waals surface area contributed by atoms with Gasteiger partial charge in [0.05, 0.1) is 10.8 Å². The Balaban J connectivity index is 2.33. The van der Waals surface area contributed by atoms with Crippen molar-refractivity contribution < 1.29 is 9.90 Å². The minimum absolute atomic E-state index is 0.128. The predicted molar refractivity (Wildman–Crippen MR) is 73.7 cm³/mol. The number of benzene rings is 1. The van der Waals surface area contributed by atoms with Gasteiger partial charge >= 0.3 is 5.97 Å². The van der Waals surface area contributed by atoms with Gasteiger partial charge in [-0.1, -0.05) is 29.4 Å². The second kappa shape index (κ2) is 5.50. The number of carboxylic acid groups (broad SMARTS) is 1. The summed E-state index contributed by atoms with van der Waals surface area (Å²) in [5.74, 6) is 5.18. The third-order valence-electron chi connectivity index (χ3n) is 2.35. The van der Waals surface area contributed by atoms with Crippen molar-refractivity contribution >= 4 is 29.3 Å². The lowest BCUT2D eigenvalue weighted by Crippen LogP contribution is -2.12. The summed E-state index contributed by atoms with van der Waals surface area (Å²) in [7, 11) is 0. The number of carboxylic acids is 1. The summed E-state index contributed by atoms with van der Waals surface area (Å²) < 4.78 is 1.24. The highest BCUT2D eigenvalue weighted by atomic mass is 35.5. The first-order valence-electron chi connectivity index (χ1n) is 5.30. The fourth-order valence-electron chi connectivity index (χ4n) is 1.49. The minimum atomic E-state index is -0.942. The summed E-state index contributed by atoms with van der Waals surface area (Å²) in [6.07, 6.45) is 0. The van der Waals surface area contributed by atoms with Gasteiger partial charge in [-0.25, -0.2) is 4.68 Å².